The summed E-state index contributed by atoms with van der Waals surface area (Å²) in [7, 11) is 0. The third kappa shape index (κ3) is 3.24. The highest BCUT2D eigenvalue weighted by atomic mass is 35.5. The van der Waals surface area contributed by atoms with E-state index in [0.717, 1.165) is 5.39 Å². The Morgan fingerprint density at radius 3 is 2.81 bits per heavy atom. The molecule has 0 aliphatic heterocycles. The van der Waals surface area contributed by atoms with Gasteiger partial charge in [-0.05, 0) is 47.8 Å². The van der Waals surface area contributed by atoms with E-state index in [0.29, 0.717) is 32.6 Å². The van der Waals surface area contributed by atoms with E-state index < -0.39 is 0 Å². The lowest BCUT2D eigenvalue weighted by atomic mass is 10.1. The predicted molar refractivity (Wildman–Crippen MR) is 104 cm³/mol. The van der Waals surface area contributed by atoms with Crippen molar-refractivity contribution >= 4 is 51.3 Å². The molecule has 0 unspecified atom stereocenters. The summed E-state index contributed by atoms with van der Waals surface area (Å²) in [5.41, 5.74) is 1.83. The van der Waals surface area contributed by atoms with Crippen molar-refractivity contribution < 1.29 is 9.90 Å². The zero-order chi connectivity index (χ0) is 18.1. The Bertz CT molecular complexity index is 1110. The van der Waals surface area contributed by atoms with E-state index in [9.17, 15) is 9.90 Å². The summed E-state index contributed by atoms with van der Waals surface area (Å²) >= 11 is 7.68. The van der Waals surface area contributed by atoms with E-state index in [-0.39, 0.29) is 11.5 Å². The van der Waals surface area contributed by atoms with Crippen LogP contribution in [0.15, 0.2) is 60.1 Å². The van der Waals surface area contributed by atoms with Crippen molar-refractivity contribution in [3.8, 4) is 5.75 Å². The molecule has 0 aliphatic rings. The zero-order valence-corrected chi connectivity index (χ0v) is 14.9. The largest absolute Gasteiger partial charge is 0.508 e. The standard InChI is InChI=1S/C19H12ClN3O2S/c20-15-9-12(3-5-14(15)18(25)17-2-1-7-26-17)22-19-21-10-11-8-13(24)4-6-16(11)23-19/h1-10,24H,(H,21,22,23). The Balaban J connectivity index is 1.60. The second-order valence-corrected chi connectivity index (χ2v) is 6.92. The maximum absolute atomic E-state index is 12.4. The smallest absolute Gasteiger partial charge is 0.227 e. The third-order valence-electron chi connectivity index (χ3n) is 3.78. The van der Waals surface area contributed by atoms with E-state index in [1.54, 1.807) is 48.7 Å². The molecule has 2 N–H and O–H groups in total. The Hall–Kier alpha value is -2.96. The van der Waals surface area contributed by atoms with Crippen molar-refractivity contribution in [3.63, 3.8) is 0 Å². The maximum atomic E-state index is 12.4. The van der Waals surface area contributed by atoms with Gasteiger partial charge in [-0.1, -0.05) is 17.7 Å². The van der Waals surface area contributed by atoms with Gasteiger partial charge in [0.15, 0.2) is 0 Å². The normalized spacial score (nSPS) is 10.8. The van der Waals surface area contributed by atoms with Crippen molar-refractivity contribution in [1.82, 2.24) is 9.97 Å². The fourth-order valence-corrected chi connectivity index (χ4v) is 3.47. The van der Waals surface area contributed by atoms with Crippen molar-refractivity contribution in [1.29, 1.82) is 0 Å². The fraction of sp³-hybridized carbons (Fsp3) is 0. The van der Waals surface area contributed by atoms with E-state index in [4.69, 9.17) is 11.6 Å². The van der Waals surface area contributed by atoms with Gasteiger partial charge in [0.05, 0.1) is 15.4 Å². The number of nitrogens with zero attached hydrogens (tertiary/aromatic N) is 2. The number of anilines is 2. The molecule has 7 heteroatoms. The Morgan fingerprint density at radius 1 is 1.15 bits per heavy atom. The average molecular weight is 382 g/mol. The molecule has 2 aromatic carbocycles. The van der Waals surface area contributed by atoms with Gasteiger partial charge in [0, 0.05) is 22.8 Å². The summed E-state index contributed by atoms with van der Waals surface area (Å²) in [6, 6.07) is 13.6. The van der Waals surface area contributed by atoms with Gasteiger partial charge in [0.1, 0.15) is 5.75 Å². The molecule has 0 amide bonds. The van der Waals surface area contributed by atoms with E-state index >= 15 is 0 Å². The molecule has 0 aliphatic carbocycles. The summed E-state index contributed by atoms with van der Waals surface area (Å²) in [5.74, 6) is 0.467. The number of phenols is 1. The predicted octanol–water partition coefficient (Wildman–Crippen LogP) is 5.02. The molecule has 4 aromatic rings. The molecule has 128 valence electrons. The number of fused-ring (bicyclic) bond motifs is 1. The monoisotopic (exact) mass is 381 g/mol. The van der Waals surface area contributed by atoms with Crippen LogP contribution < -0.4 is 5.32 Å². The number of carbonyl (C=O) groups is 1. The SMILES string of the molecule is O=C(c1cccs1)c1ccc(Nc2ncc3cc(O)ccc3n2)cc1Cl. The molecule has 0 saturated heterocycles. The first kappa shape index (κ1) is 16.5. The summed E-state index contributed by atoms with van der Waals surface area (Å²) in [4.78, 5) is 21.7. The van der Waals surface area contributed by atoms with Gasteiger partial charge in [-0.3, -0.25) is 4.79 Å². The number of rotatable bonds is 4. The topological polar surface area (TPSA) is 75.1 Å². The molecule has 0 radical (unpaired) electrons. The third-order valence-corrected chi connectivity index (χ3v) is 4.96. The van der Waals surface area contributed by atoms with E-state index in [2.05, 4.69) is 15.3 Å². The van der Waals surface area contributed by atoms with Crippen molar-refractivity contribution in [2.24, 2.45) is 0 Å². The molecule has 0 saturated carbocycles. The van der Waals surface area contributed by atoms with Gasteiger partial charge >= 0.3 is 0 Å². The van der Waals surface area contributed by atoms with Crippen LogP contribution in [0.5, 0.6) is 5.75 Å². The fourth-order valence-electron chi connectivity index (χ4n) is 2.53. The lowest BCUT2D eigenvalue weighted by Gasteiger charge is -2.08. The molecule has 2 aromatic heterocycles. The molecule has 0 spiro atoms. The van der Waals surface area contributed by atoms with Gasteiger partial charge in [0.25, 0.3) is 0 Å². The molecule has 26 heavy (non-hydrogen) atoms. The lowest BCUT2D eigenvalue weighted by molar-refractivity contribution is 0.104. The maximum Gasteiger partial charge on any atom is 0.227 e. The number of carbonyl (C=O) groups excluding carboxylic acids is 1. The van der Waals surface area contributed by atoms with Crippen LogP contribution in [0, 0.1) is 0 Å². The number of thiophene rings is 1. The quantitative estimate of drug-likeness (QED) is 0.485. The van der Waals surface area contributed by atoms with Gasteiger partial charge < -0.3 is 10.4 Å². The van der Waals surface area contributed by atoms with Gasteiger partial charge in [-0.25, -0.2) is 9.97 Å². The molecule has 2 heterocycles. The van der Waals surface area contributed by atoms with Crippen LogP contribution in [0.3, 0.4) is 0 Å². The first-order valence-electron chi connectivity index (χ1n) is 7.71. The molecular formula is C19H12ClN3O2S. The minimum Gasteiger partial charge on any atom is -0.508 e. The van der Waals surface area contributed by atoms with Crippen LogP contribution in [-0.4, -0.2) is 20.9 Å². The Morgan fingerprint density at radius 2 is 2.04 bits per heavy atom. The van der Waals surface area contributed by atoms with Crippen LogP contribution in [0.2, 0.25) is 5.02 Å². The van der Waals surface area contributed by atoms with E-state index in [1.807, 2.05) is 11.4 Å². The number of nitrogens with one attached hydrogen (secondary N) is 1. The van der Waals surface area contributed by atoms with Gasteiger partial charge in [-0.15, -0.1) is 11.3 Å². The first-order chi connectivity index (χ1) is 12.6. The lowest BCUT2D eigenvalue weighted by Crippen LogP contribution is -2.01. The van der Waals surface area contributed by atoms with Crippen LogP contribution in [0.1, 0.15) is 15.2 Å². The summed E-state index contributed by atoms with van der Waals surface area (Å²) < 4.78 is 0. The number of aromatic nitrogens is 2. The second-order valence-electron chi connectivity index (χ2n) is 5.56. The van der Waals surface area contributed by atoms with Gasteiger partial charge in [-0.2, -0.15) is 0 Å². The Labute approximate surface area is 157 Å². The second kappa shape index (κ2) is 6.74. The number of hydrogen-bond acceptors (Lipinski definition) is 6. The number of hydrogen-bond donors (Lipinski definition) is 2. The average Bonchev–Trinajstić information content (AvgIpc) is 3.16. The molecule has 0 atom stereocenters. The van der Waals surface area contributed by atoms with Crippen molar-refractivity contribution in [3.05, 3.63) is 75.6 Å². The highest BCUT2D eigenvalue weighted by Gasteiger charge is 2.14. The van der Waals surface area contributed by atoms with Crippen molar-refractivity contribution in [2.75, 3.05) is 5.32 Å². The van der Waals surface area contributed by atoms with Crippen LogP contribution in [0.4, 0.5) is 11.6 Å². The summed E-state index contributed by atoms with van der Waals surface area (Å²) in [6.07, 6.45) is 1.63. The number of halogens is 1. The molecular weight excluding hydrogens is 370 g/mol. The van der Waals surface area contributed by atoms with Gasteiger partial charge in [0.2, 0.25) is 11.7 Å². The number of ketones is 1. The zero-order valence-electron chi connectivity index (χ0n) is 13.3. The minimum absolute atomic E-state index is 0.0988. The number of aromatic hydroxyl groups is 1. The van der Waals surface area contributed by atoms with Crippen LogP contribution >= 0.6 is 22.9 Å². The van der Waals surface area contributed by atoms with Crippen molar-refractivity contribution in [2.45, 2.75) is 0 Å². The summed E-state index contributed by atoms with van der Waals surface area (Å²) in [5, 5.41) is 15.5. The minimum atomic E-state index is -0.0988. The Kier molecular flexibility index (Phi) is 4.28. The molecule has 5 nitrogen and oxygen atoms in total. The molecule has 4 rings (SSSR count). The first-order valence-corrected chi connectivity index (χ1v) is 8.96. The van der Waals surface area contributed by atoms with E-state index in [1.165, 1.54) is 11.3 Å². The highest BCUT2D eigenvalue weighted by molar-refractivity contribution is 7.12. The summed E-state index contributed by atoms with van der Waals surface area (Å²) in [6.45, 7) is 0. The van der Waals surface area contributed by atoms with Crippen LogP contribution in [-0.2, 0) is 0 Å². The molecule has 0 fully saturated rings. The highest BCUT2D eigenvalue weighted by Crippen LogP contribution is 2.27. The molecule has 0 bridgehead atoms. The van der Waals surface area contributed by atoms with Crippen LogP contribution in [0.25, 0.3) is 10.9 Å². The number of phenolic OH excluding ortho intramolecular Hbond substituents is 1. The number of benzene rings is 2.